The van der Waals surface area contributed by atoms with Crippen LogP contribution in [0.5, 0.6) is 0 Å². The van der Waals surface area contributed by atoms with E-state index < -0.39 is 43.6 Å². The molecule has 0 saturated carbocycles. The van der Waals surface area contributed by atoms with Crippen LogP contribution in [-0.4, -0.2) is 44.5 Å². The molecule has 0 radical (unpaired) electrons. The molecule has 0 bridgehead atoms. The summed E-state index contributed by atoms with van der Waals surface area (Å²) in [7, 11) is -4.34. The average molecular weight is 340 g/mol. The molecule has 1 fully saturated rings. The fourth-order valence-electron chi connectivity index (χ4n) is 1.89. The van der Waals surface area contributed by atoms with E-state index in [4.69, 9.17) is 23.4 Å². The zero-order chi connectivity index (χ0) is 15.6. The summed E-state index contributed by atoms with van der Waals surface area (Å²) in [4.78, 5) is 42.3. The molecule has 1 aliphatic heterocycles. The van der Waals surface area contributed by atoms with Gasteiger partial charge in [-0.2, -0.15) is 0 Å². The second-order valence-electron chi connectivity index (χ2n) is 4.31. The smallest absolute Gasteiger partial charge is 0.350 e. The predicted octanol–water partition coefficient (Wildman–Crippen LogP) is -1.18. The molecule has 12 heteroatoms. The fraction of sp³-hybridized carbons (Fsp3) is 0.556. The third kappa shape index (κ3) is 4.04. The molecule has 0 amide bonds. The lowest BCUT2D eigenvalue weighted by Crippen LogP contribution is -2.38. The average Bonchev–Trinajstić information content (AvgIpc) is 2.78. The van der Waals surface area contributed by atoms with Crippen molar-refractivity contribution in [1.82, 2.24) is 9.55 Å². The van der Waals surface area contributed by atoms with E-state index in [-0.39, 0.29) is 6.61 Å². The van der Waals surface area contributed by atoms with Crippen LogP contribution in [0.15, 0.2) is 21.9 Å². The lowest BCUT2D eigenvalue weighted by molar-refractivity contribution is -0.00594. The number of ether oxygens (including phenoxy) is 2. The van der Waals surface area contributed by atoms with Crippen LogP contribution < -0.4 is 11.2 Å². The third-order valence-corrected chi connectivity index (χ3v) is 3.51. The maximum atomic E-state index is 11.7. The van der Waals surface area contributed by atoms with Gasteiger partial charge in [0.15, 0.2) is 6.23 Å². The van der Waals surface area contributed by atoms with Crippen molar-refractivity contribution in [1.29, 1.82) is 0 Å². The number of hydrogen-bond acceptors (Lipinski definition) is 7. The van der Waals surface area contributed by atoms with E-state index >= 15 is 0 Å². The van der Waals surface area contributed by atoms with Crippen LogP contribution in [0.1, 0.15) is 6.23 Å². The highest BCUT2D eigenvalue weighted by molar-refractivity contribution is 7.75. The summed E-state index contributed by atoms with van der Waals surface area (Å²) in [6.07, 6.45) is -2.23. The monoisotopic (exact) mass is 340 g/mol. The number of thiol groups is 1. The van der Waals surface area contributed by atoms with Crippen molar-refractivity contribution in [3.8, 4) is 0 Å². The van der Waals surface area contributed by atoms with E-state index in [2.05, 4.69) is 17.9 Å². The van der Waals surface area contributed by atoms with Gasteiger partial charge in [0.1, 0.15) is 18.6 Å². The number of nitrogens with one attached hydrogen (secondary N) is 1. The van der Waals surface area contributed by atoms with Crippen LogP contribution in [0, 0.1) is 0 Å². The minimum Gasteiger partial charge on any atom is -0.360 e. The highest BCUT2D eigenvalue weighted by atomic mass is 32.1. The first-order valence-electron chi connectivity index (χ1n) is 5.71. The van der Waals surface area contributed by atoms with Crippen molar-refractivity contribution in [2.24, 2.45) is 0 Å². The molecule has 1 aliphatic rings. The van der Waals surface area contributed by atoms with Gasteiger partial charge < -0.3 is 23.4 Å². The Balaban J connectivity index is 2.17. The lowest BCUT2D eigenvalue weighted by Gasteiger charge is -2.21. The summed E-state index contributed by atoms with van der Waals surface area (Å²) in [5.41, 5.74) is -1.27. The van der Waals surface area contributed by atoms with Gasteiger partial charge in [-0.3, -0.25) is 18.9 Å². The molecule has 3 N–H and O–H groups in total. The highest BCUT2D eigenvalue weighted by Gasteiger charge is 2.41. The Hall–Kier alpha value is -0.940. The molecule has 3 atom stereocenters. The van der Waals surface area contributed by atoms with E-state index in [1.807, 2.05) is 0 Å². The fourth-order valence-corrected chi connectivity index (χ4v) is 2.51. The van der Waals surface area contributed by atoms with Gasteiger partial charge in [-0.25, -0.2) is 4.79 Å². The molecule has 0 spiro atoms. The van der Waals surface area contributed by atoms with Gasteiger partial charge >= 0.3 is 13.3 Å². The van der Waals surface area contributed by atoms with Gasteiger partial charge in [0.2, 0.25) is 0 Å². The minimum absolute atomic E-state index is 0.0541. The van der Waals surface area contributed by atoms with Crippen LogP contribution in [0.2, 0.25) is 0 Å². The van der Waals surface area contributed by atoms with Gasteiger partial charge in [-0.05, 0) is 12.9 Å². The zero-order valence-corrected chi connectivity index (χ0v) is 12.3. The summed E-state index contributed by atoms with van der Waals surface area (Å²) in [6.45, 7) is -0.0541. The summed E-state index contributed by atoms with van der Waals surface area (Å²) in [5, 5.41) is 0. The van der Waals surface area contributed by atoms with E-state index in [0.29, 0.717) is 0 Å². The number of H-pyrrole nitrogens is 1. The number of rotatable bonds is 5. The molecule has 21 heavy (non-hydrogen) atoms. The first-order chi connectivity index (χ1) is 9.81. The number of hydrogen-bond donors (Lipinski definition) is 4. The lowest BCUT2D eigenvalue weighted by atomic mass is 10.2. The van der Waals surface area contributed by atoms with E-state index in [0.717, 1.165) is 10.6 Å². The van der Waals surface area contributed by atoms with Crippen LogP contribution >= 0.6 is 20.5 Å². The van der Waals surface area contributed by atoms with Crippen LogP contribution in [0.3, 0.4) is 0 Å². The summed E-state index contributed by atoms with van der Waals surface area (Å²) < 4.78 is 27.1. The second kappa shape index (κ2) is 6.44. The summed E-state index contributed by atoms with van der Waals surface area (Å²) >= 11 is 3.66. The first-order valence-corrected chi connectivity index (χ1v) is 7.87. The third-order valence-electron chi connectivity index (χ3n) is 2.78. The van der Waals surface area contributed by atoms with Gasteiger partial charge in [-0.1, -0.05) is 0 Å². The largest absolute Gasteiger partial charge is 0.360 e. The molecule has 0 aromatic carbocycles. The summed E-state index contributed by atoms with van der Waals surface area (Å²) in [5.74, 6) is 0. The Labute approximate surface area is 123 Å². The summed E-state index contributed by atoms with van der Waals surface area (Å²) in [6, 6.07) is 1.13. The van der Waals surface area contributed by atoms with Crippen molar-refractivity contribution in [3.05, 3.63) is 33.1 Å². The normalized spacial score (nSPS) is 26.1. The number of aromatic amines is 1. The molecule has 1 saturated heterocycles. The van der Waals surface area contributed by atoms with Crippen LogP contribution in [-0.2, 0) is 18.2 Å². The molecule has 10 nitrogen and oxygen atoms in total. The van der Waals surface area contributed by atoms with Crippen molar-refractivity contribution >= 4 is 20.5 Å². The molecule has 1 aromatic heterocycles. The van der Waals surface area contributed by atoms with Crippen LogP contribution in [0.4, 0.5) is 0 Å². The van der Waals surface area contributed by atoms with Gasteiger partial charge in [-0.15, -0.1) is 0 Å². The Kier molecular flexibility index (Phi) is 5.04. The standard InChI is InChI=1S/C9H13N2O8PS/c12-6-1-2-11(9(13)10-6)8-7(19-21)5(3-17-8)18-4-20(14,15)16/h1-2,5,7-8,21H,3-4H2,(H,10,12,13)(H2,14,15,16)/t5-,7+,8+/m0/s1. The molecule has 2 rings (SSSR count). The maximum absolute atomic E-state index is 11.7. The van der Waals surface area contributed by atoms with E-state index in [9.17, 15) is 14.2 Å². The topological polar surface area (TPSA) is 140 Å². The molecule has 0 aliphatic carbocycles. The molecule has 0 unspecified atom stereocenters. The maximum Gasteiger partial charge on any atom is 0.350 e. The van der Waals surface area contributed by atoms with E-state index in [1.165, 1.54) is 6.20 Å². The van der Waals surface area contributed by atoms with Gasteiger partial charge in [0.25, 0.3) is 5.56 Å². The SMILES string of the molecule is O=c1ccn([C@@H]2OC[C@H](OCP(=O)(O)O)[C@H]2OS)c(=O)[nH]1. The van der Waals surface area contributed by atoms with Crippen molar-refractivity contribution < 1.29 is 28.0 Å². The molecular formula is C9H13N2O8PS. The Bertz CT molecular complexity index is 654. The zero-order valence-electron chi connectivity index (χ0n) is 10.5. The van der Waals surface area contributed by atoms with Crippen LogP contribution in [0.25, 0.3) is 0 Å². The molecule has 118 valence electrons. The highest BCUT2D eigenvalue weighted by Crippen LogP contribution is 2.37. The Morgan fingerprint density at radius 2 is 2.24 bits per heavy atom. The second-order valence-corrected chi connectivity index (χ2v) is 6.11. The molecular weight excluding hydrogens is 327 g/mol. The number of aromatic nitrogens is 2. The van der Waals surface area contributed by atoms with Crippen molar-refractivity contribution in [3.63, 3.8) is 0 Å². The predicted molar refractivity (Wildman–Crippen MR) is 72.0 cm³/mol. The molecule has 2 heterocycles. The minimum atomic E-state index is -4.34. The first kappa shape index (κ1) is 16.4. The quantitative estimate of drug-likeness (QED) is 0.298. The Morgan fingerprint density at radius 3 is 2.81 bits per heavy atom. The van der Waals surface area contributed by atoms with E-state index in [1.54, 1.807) is 0 Å². The Morgan fingerprint density at radius 1 is 1.52 bits per heavy atom. The molecule has 1 aromatic rings. The van der Waals surface area contributed by atoms with Gasteiger partial charge in [0, 0.05) is 12.3 Å². The van der Waals surface area contributed by atoms with Crippen molar-refractivity contribution in [2.75, 3.05) is 13.0 Å². The number of nitrogens with zero attached hydrogens (tertiary/aromatic N) is 1. The van der Waals surface area contributed by atoms with Crippen molar-refractivity contribution in [2.45, 2.75) is 18.4 Å². The van der Waals surface area contributed by atoms with Gasteiger partial charge in [0.05, 0.1) is 6.61 Å².